The van der Waals surface area contributed by atoms with Crippen molar-refractivity contribution in [3.05, 3.63) is 34.5 Å². The topological polar surface area (TPSA) is 112 Å². The van der Waals surface area contributed by atoms with E-state index in [1.165, 1.54) is 12.5 Å². The van der Waals surface area contributed by atoms with Crippen molar-refractivity contribution in [1.82, 2.24) is 24.5 Å². The molecule has 2 heterocycles. The van der Waals surface area contributed by atoms with Gasteiger partial charge in [-0.15, -0.1) is 5.10 Å². The third-order valence-corrected chi connectivity index (χ3v) is 2.77. The number of aliphatic hydroxyl groups excluding tert-OH is 1. The number of nitrogens with zero attached hydrogens (tertiary/aromatic N) is 6. The van der Waals surface area contributed by atoms with Crippen molar-refractivity contribution in [2.75, 3.05) is 6.61 Å². The van der Waals surface area contributed by atoms with Crippen LogP contribution in [0.4, 0.5) is 5.82 Å². The van der Waals surface area contributed by atoms with E-state index >= 15 is 0 Å². The van der Waals surface area contributed by atoms with Crippen molar-refractivity contribution in [3.63, 3.8) is 0 Å². The Hall–Kier alpha value is -2.29. The Morgan fingerprint density at radius 3 is 2.89 bits per heavy atom. The van der Waals surface area contributed by atoms with Gasteiger partial charge in [0.15, 0.2) is 0 Å². The molecule has 2 aromatic heterocycles. The van der Waals surface area contributed by atoms with Gasteiger partial charge in [0, 0.05) is 0 Å². The summed E-state index contributed by atoms with van der Waals surface area (Å²) in [5, 5.41) is 27.6. The summed E-state index contributed by atoms with van der Waals surface area (Å²) in [6, 6.07) is -0.0987. The van der Waals surface area contributed by atoms with Crippen LogP contribution >= 0.6 is 0 Å². The fourth-order valence-corrected chi connectivity index (χ4v) is 1.68. The van der Waals surface area contributed by atoms with Crippen LogP contribution < -0.4 is 0 Å². The molecule has 0 aliphatic rings. The number of hydrogen-bond donors (Lipinski definition) is 1. The van der Waals surface area contributed by atoms with Gasteiger partial charge in [-0.25, -0.2) is 4.68 Å². The molecule has 0 aliphatic carbocycles. The van der Waals surface area contributed by atoms with Crippen molar-refractivity contribution < 1.29 is 10.0 Å². The molecule has 9 heteroatoms. The first-order chi connectivity index (χ1) is 9.13. The second kappa shape index (κ2) is 5.57. The van der Waals surface area contributed by atoms with Crippen molar-refractivity contribution in [1.29, 1.82) is 0 Å². The van der Waals surface area contributed by atoms with Crippen LogP contribution in [0.1, 0.15) is 25.1 Å². The first kappa shape index (κ1) is 13.1. The smallest absolute Gasteiger partial charge is 0.381 e. The minimum atomic E-state index is -0.549. The number of hydrogen-bond acceptors (Lipinski definition) is 6. The lowest BCUT2D eigenvalue weighted by molar-refractivity contribution is -0.389. The van der Waals surface area contributed by atoms with E-state index in [1.54, 1.807) is 15.4 Å². The zero-order valence-electron chi connectivity index (χ0n) is 10.4. The van der Waals surface area contributed by atoms with E-state index in [-0.39, 0.29) is 18.5 Å². The highest BCUT2D eigenvalue weighted by molar-refractivity contribution is 5.13. The van der Waals surface area contributed by atoms with Gasteiger partial charge in [0.25, 0.3) is 0 Å². The van der Waals surface area contributed by atoms with E-state index in [0.29, 0.717) is 12.2 Å². The van der Waals surface area contributed by atoms with Crippen LogP contribution in [-0.4, -0.2) is 41.2 Å². The van der Waals surface area contributed by atoms with E-state index < -0.39 is 4.92 Å². The summed E-state index contributed by atoms with van der Waals surface area (Å²) in [4.78, 5) is 13.6. The minimum Gasteiger partial charge on any atom is -0.394 e. The number of nitro groups is 1. The zero-order valence-corrected chi connectivity index (χ0v) is 10.4. The molecule has 2 aromatic rings. The lowest BCUT2D eigenvalue weighted by Gasteiger charge is -2.09. The molecule has 0 amide bonds. The molecule has 1 unspecified atom stereocenters. The molecule has 1 N–H and O–H groups in total. The fraction of sp³-hybridized carbons (Fsp3) is 0.500. The molecule has 0 aliphatic heterocycles. The van der Waals surface area contributed by atoms with Gasteiger partial charge in [0.1, 0.15) is 11.9 Å². The van der Waals surface area contributed by atoms with Gasteiger partial charge in [-0.1, -0.05) is 12.1 Å². The summed E-state index contributed by atoms with van der Waals surface area (Å²) in [7, 11) is 0. The average Bonchev–Trinajstić information content (AvgIpc) is 3.01. The van der Waals surface area contributed by atoms with Crippen LogP contribution in [0.3, 0.4) is 0 Å². The lowest BCUT2D eigenvalue weighted by atomic mass is 10.2. The molecule has 1 atom stereocenters. The van der Waals surface area contributed by atoms with Crippen molar-refractivity contribution in [2.45, 2.75) is 25.9 Å². The number of aliphatic hydroxyl groups is 1. The van der Waals surface area contributed by atoms with Gasteiger partial charge < -0.3 is 19.8 Å². The minimum absolute atomic E-state index is 0.00412. The van der Waals surface area contributed by atoms with Gasteiger partial charge >= 0.3 is 5.82 Å². The maximum absolute atomic E-state index is 10.5. The Bertz CT molecular complexity index is 559. The predicted octanol–water partition coefficient (Wildman–Crippen LogP) is 0.374. The molecule has 2 rings (SSSR count). The summed E-state index contributed by atoms with van der Waals surface area (Å²) in [6.07, 6.45) is 5.18. The van der Waals surface area contributed by atoms with Gasteiger partial charge in [-0.3, -0.25) is 0 Å². The zero-order chi connectivity index (χ0) is 13.8. The molecule has 19 heavy (non-hydrogen) atoms. The molecule has 9 nitrogen and oxygen atoms in total. The molecular formula is C10H14N6O3. The quantitative estimate of drug-likeness (QED) is 0.597. The van der Waals surface area contributed by atoms with Crippen LogP contribution in [0.25, 0.3) is 0 Å². The molecule has 0 radical (unpaired) electrons. The van der Waals surface area contributed by atoms with Crippen LogP contribution in [0.5, 0.6) is 0 Å². The Kier molecular flexibility index (Phi) is 3.85. The first-order valence-corrected chi connectivity index (χ1v) is 5.81. The van der Waals surface area contributed by atoms with E-state index in [2.05, 4.69) is 15.3 Å². The monoisotopic (exact) mass is 266 g/mol. The van der Waals surface area contributed by atoms with E-state index in [4.69, 9.17) is 5.11 Å². The number of imidazole rings is 1. The van der Waals surface area contributed by atoms with Crippen LogP contribution in [-0.2, 0) is 6.54 Å². The predicted molar refractivity (Wildman–Crippen MR) is 64.4 cm³/mol. The third kappa shape index (κ3) is 2.94. The summed E-state index contributed by atoms with van der Waals surface area (Å²) in [5.41, 5.74) is 0.652. The second-order valence-electron chi connectivity index (χ2n) is 4.10. The molecule has 0 aromatic carbocycles. The van der Waals surface area contributed by atoms with E-state index in [0.717, 1.165) is 6.42 Å². The Morgan fingerprint density at radius 1 is 1.53 bits per heavy atom. The second-order valence-corrected chi connectivity index (χ2v) is 4.10. The van der Waals surface area contributed by atoms with Crippen LogP contribution in [0.2, 0.25) is 0 Å². The van der Waals surface area contributed by atoms with Gasteiger partial charge in [-0.05, 0) is 16.3 Å². The molecule has 0 saturated heterocycles. The lowest BCUT2D eigenvalue weighted by Crippen LogP contribution is -2.12. The SMILES string of the molecule is CCC(CO)n1cc(Cn2cnc([N+](=O)[O-])c2)nn1. The highest BCUT2D eigenvalue weighted by Crippen LogP contribution is 2.11. The molecule has 0 bridgehead atoms. The Morgan fingerprint density at radius 2 is 2.32 bits per heavy atom. The molecule has 0 fully saturated rings. The molecule has 0 saturated carbocycles. The van der Waals surface area contributed by atoms with Gasteiger partial charge in [-0.2, -0.15) is 0 Å². The van der Waals surface area contributed by atoms with Crippen molar-refractivity contribution in [3.8, 4) is 0 Å². The molecule has 0 spiro atoms. The number of rotatable bonds is 6. The van der Waals surface area contributed by atoms with Crippen molar-refractivity contribution in [2.24, 2.45) is 0 Å². The normalized spacial score (nSPS) is 12.5. The summed E-state index contributed by atoms with van der Waals surface area (Å²) < 4.78 is 3.16. The highest BCUT2D eigenvalue weighted by atomic mass is 16.6. The maximum atomic E-state index is 10.5. The summed E-state index contributed by atoms with van der Waals surface area (Å²) >= 11 is 0. The number of aromatic nitrogens is 5. The summed E-state index contributed by atoms with van der Waals surface area (Å²) in [6.45, 7) is 2.29. The van der Waals surface area contributed by atoms with Gasteiger partial charge in [0.05, 0.1) is 25.4 Å². The highest BCUT2D eigenvalue weighted by Gasteiger charge is 2.13. The largest absolute Gasteiger partial charge is 0.394 e. The van der Waals surface area contributed by atoms with Crippen LogP contribution in [0.15, 0.2) is 18.7 Å². The summed E-state index contributed by atoms with van der Waals surface area (Å²) in [5.74, 6) is -0.200. The van der Waals surface area contributed by atoms with Crippen LogP contribution in [0, 0.1) is 10.1 Å². The molecular weight excluding hydrogens is 252 g/mol. The Balaban J connectivity index is 2.08. The van der Waals surface area contributed by atoms with E-state index in [9.17, 15) is 10.1 Å². The van der Waals surface area contributed by atoms with Gasteiger partial charge in [0.2, 0.25) is 6.33 Å². The molecule has 102 valence electrons. The average molecular weight is 266 g/mol. The Labute approximate surface area is 108 Å². The standard InChI is InChI=1S/C10H14N6O3/c1-2-9(6-17)15-4-8(12-13-15)3-14-5-10(11-7-14)16(18)19/h4-5,7,9,17H,2-3,6H2,1H3. The first-order valence-electron chi connectivity index (χ1n) is 5.81. The van der Waals surface area contributed by atoms with E-state index in [1.807, 2.05) is 6.92 Å². The van der Waals surface area contributed by atoms with Crippen molar-refractivity contribution >= 4 is 5.82 Å². The third-order valence-electron chi connectivity index (χ3n) is 2.77. The fourth-order valence-electron chi connectivity index (χ4n) is 1.68. The maximum Gasteiger partial charge on any atom is 0.381 e.